The lowest BCUT2D eigenvalue weighted by Gasteiger charge is -2.55. The van der Waals surface area contributed by atoms with E-state index >= 15 is 0 Å². The van der Waals surface area contributed by atoms with Crippen molar-refractivity contribution in [3.8, 4) is 0 Å². The molecular formula is C20H28N2OSi. The van der Waals surface area contributed by atoms with Crippen molar-refractivity contribution in [2.45, 2.75) is 50.4 Å². The first-order chi connectivity index (χ1) is 11.2. The van der Waals surface area contributed by atoms with E-state index in [0.29, 0.717) is 0 Å². The Morgan fingerprint density at radius 1 is 0.833 bits per heavy atom. The molecule has 2 aromatic carbocycles. The van der Waals surface area contributed by atoms with Gasteiger partial charge >= 0.3 is 0 Å². The minimum atomic E-state index is -1.65. The third kappa shape index (κ3) is 2.74. The molecule has 2 aromatic rings. The summed E-state index contributed by atoms with van der Waals surface area (Å²) in [5.41, 5.74) is 15.5. The maximum absolute atomic E-state index is 6.72. The van der Waals surface area contributed by atoms with Gasteiger partial charge in [-0.3, -0.25) is 0 Å². The van der Waals surface area contributed by atoms with Crippen LogP contribution in [0, 0.1) is 0 Å². The molecule has 1 saturated heterocycles. The van der Waals surface area contributed by atoms with E-state index in [1.165, 1.54) is 11.1 Å². The minimum Gasteiger partial charge on any atom is -0.411 e. The lowest BCUT2D eigenvalue weighted by Crippen LogP contribution is -2.59. The molecule has 0 saturated carbocycles. The summed E-state index contributed by atoms with van der Waals surface area (Å²) in [6.45, 7) is 9.08. The van der Waals surface area contributed by atoms with Crippen LogP contribution in [-0.4, -0.2) is 13.9 Å². The van der Waals surface area contributed by atoms with E-state index in [1.807, 2.05) is 24.3 Å². The number of nitrogen functional groups attached to an aromatic ring is 2. The first-order valence-electron chi connectivity index (χ1n) is 8.59. The van der Waals surface area contributed by atoms with Gasteiger partial charge in [0.25, 0.3) is 0 Å². The predicted octanol–water partition coefficient (Wildman–Crippen LogP) is 4.54. The first kappa shape index (κ1) is 17.1. The summed E-state index contributed by atoms with van der Waals surface area (Å²) < 4.78 is 6.72. The molecule has 1 heterocycles. The van der Waals surface area contributed by atoms with E-state index in [4.69, 9.17) is 15.9 Å². The van der Waals surface area contributed by atoms with Crippen LogP contribution in [0.4, 0.5) is 11.4 Å². The van der Waals surface area contributed by atoms with Gasteiger partial charge in [0.1, 0.15) is 0 Å². The highest BCUT2D eigenvalue weighted by atomic mass is 28.4. The predicted molar refractivity (Wildman–Crippen MR) is 105 cm³/mol. The van der Waals surface area contributed by atoms with Gasteiger partial charge in [-0.2, -0.15) is 0 Å². The summed E-state index contributed by atoms with van der Waals surface area (Å²) in [5, 5.41) is 0. The Bertz CT molecular complexity index is 675. The van der Waals surface area contributed by atoms with Gasteiger partial charge in [-0.15, -0.1) is 0 Å². The minimum absolute atomic E-state index is 0.197. The maximum Gasteiger partial charge on any atom is 0.187 e. The van der Waals surface area contributed by atoms with Crippen molar-refractivity contribution in [1.82, 2.24) is 0 Å². The average Bonchev–Trinajstić information content (AvgIpc) is 2.48. The fourth-order valence-electron chi connectivity index (χ4n) is 4.30. The largest absolute Gasteiger partial charge is 0.411 e. The van der Waals surface area contributed by atoms with E-state index in [2.05, 4.69) is 51.2 Å². The molecule has 0 amide bonds. The van der Waals surface area contributed by atoms with Crippen molar-refractivity contribution in [2.24, 2.45) is 0 Å². The van der Waals surface area contributed by atoms with Crippen molar-refractivity contribution in [2.75, 3.05) is 11.5 Å². The maximum atomic E-state index is 6.72. The smallest absolute Gasteiger partial charge is 0.187 e. The number of anilines is 2. The summed E-state index contributed by atoms with van der Waals surface area (Å²) >= 11 is 0. The molecule has 0 atom stereocenters. The van der Waals surface area contributed by atoms with Gasteiger partial charge in [0, 0.05) is 16.8 Å². The van der Waals surface area contributed by atoms with Crippen molar-refractivity contribution < 1.29 is 4.43 Å². The van der Waals surface area contributed by atoms with Crippen LogP contribution in [0.2, 0.25) is 19.1 Å². The standard InChI is InChI=1S/C20H28N2OSi/c1-19(2)20(13-14-24(3,4)23-19,15-5-9-17(21)10-6-15)16-7-11-18(22)12-8-16/h5-12H,13-14,21-22H2,1-4H3. The number of hydrogen-bond acceptors (Lipinski definition) is 3. The van der Waals surface area contributed by atoms with Crippen molar-refractivity contribution in [3.05, 3.63) is 59.7 Å². The third-order valence-electron chi connectivity index (χ3n) is 5.47. The first-order valence-corrected chi connectivity index (χ1v) is 11.7. The summed E-state index contributed by atoms with van der Waals surface area (Å²) in [4.78, 5) is 0. The van der Waals surface area contributed by atoms with E-state index in [1.54, 1.807) is 0 Å². The van der Waals surface area contributed by atoms with Crippen LogP contribution < -0.4 is 11.5 Å². The molecule has 0 unspecified atom stereocenters. The molecule has 4 N–H and O–H groups in total. The Kier molecular flexibility index (Phi) is 4.01. The molecule has 128 valence electrons. The molecule has 4 heteroatoms. The van der Waals surface area contributed by atoms with E-state index < -0.39 is 8.32 Å². The molecule has 0 aromatic heterocycles. The zero-order valence-electron chi connectivity index (χ0n) is 15.1. The number of benzene rings is 2. The van der Waals surface area contributed by atoms with Crippen molar-refractivity contribution in [1.29, 1.82) is 0 Å². The average molecular weight is 341 g/mol. The zero-order chi connectivity index (χ0) is 17.6. The molecule has 1 aliphatic rings. The summed E-state index contributed by atoms with van der Waals surface area (Å²) in [6.07, 6.45) is 1.08. The molecule has 3 rings (SSSR count). The fourth-order valence-corrected chi connectivity index (χ4v) is 6.94. The highest BCUT2D eigenvalue weighted by Gasteiger charge is 2.54. The highest BCUT2D eigenvalue weighted by molar-refractivity contribution is 6.71. The second-order valence-corrected chi connectivity index (χ2v) is 12.2. The number of rotatable bonds is 2. The number of nitrogens with two attached hydrogens (primary N) is 2. The highest BCUT2D eigenvalue weighted by Crippen LogP contribution is 2.52. The van der Waals surface area contributed by atoms with Crippen molar-refractivity contribution in [3.63, 3.8) is 0 Å². The fraction of sp³-hybridized carbons (Fsp3) is 0.400. The van der Waals surface area contributed by atoms with Crippen LogP contribution in [0.5, 0.6) is 0 Å². The third-order valence-corrected chi connectivity index (χ3v) is 7.99. The van der Waals surface area contributed by atoms with Gasteiger partial charge in [0.2, 0.25) is 0 Å². The van der Waals surface area contributed by atoms with Crippen LogP contribution in [0.25, 0.3) is 0 Å². The van der Waals surface area contributed by atoms with Gasteiger partial charge in [-0.1, -0.05) is 24.3 Å². The molecule has 3 nitrogen and oxygen atoms in total. The second-order valence-electron chi connectivity index (χ2n) is 8.02. The lowest BCUT2D eigenvalue weighted by atomic mass is 9.62. The zero-order valence-corrected chi connectivity index (χ0v) is 16.1. The van der Waals surface area contributed by atoms with Crippen molar-refractivity contribution >= 4 is 19.7 Å². The molecule has 1 aliphatic heterocycles. The molecule has 1 fully saturated rings. The summed E-state index contributed by atoms with van der Waals surface area (Å²) in [7, 11) is -1.65. The Morgan fingerprint density at radius 2 is 1.25 bits per heavy atom. The quantitative estimate of drug-likeness (QED) is 0.623. The van der Waals surface area contributed by atoms with Crippen LogP contribution in [0.1, 0.15) is 31.4 Å². The normalized spacial score (nSPS) is 21.3. The van der Waals surface area contributed by atoms with Crippen LogP contribution in [0.15, 0.2) is 48.5 Å². The van der Waals surface area contributed by atoms with Gasteiger partial charge in [0.15, 0.2) is 8.32 Å². The molecule has 0 spiro atoms. The number of hydrogen-bond donors (Lipinski definition) is 2. The molecule has 0 aliphatic carbocycles. The van der Waals surface area contributed by atoms with Gasteiger partial charge in [-0.05, 0) is 74.8 Å². The van der Waals surface area contributed by atoms with E-state index in [0.717, 1.165) is 23.8 Å². The molecular weight excluding hydrogens is 312 g/mol. The Labute approximate surface area is 146 Å². The van der Waals surface area contributed by atoms with Gasteiger partial charge in [0.05, 0.1) is 5.60 Å². The molecule has 0 bridgehead atoms. The SMILES string of the molecule is CC1(C)O[Si](C)(C)CCC1(c1ccc(N)cc1)c1ccc(N)cc1. The Hall–Kier alpha value is -1.78. The van der Waals surface area contributed by atoms with Crippen LogP contribution in [0.3, 0.4) is 0 Å². The van der Waals surface area contributed by atoms with E-state index in [9.17, 15) is 0 Å². The topological polar surface area (TPSA) is 61.3 Å². The van der Waals surface area contributed by atoms with Crippen LogP contribution >= 0.6 is 0 Å². The molecule has 24 heavy (non-hydrogen) atoms. The second kappa shape index (κ2) is 5.64. The van der Waals surface area contributed by atoms with Crippen LogP contribution in [-0.2, 0) is 9.84 Å². The van der Waals surface area contributed by atoms with E-state index in [-0.39, 0.29) is 11.0 Å². The Balaban J connectivity index is 2.21. The summed E-state index contributed by atoms with van der Waals surface area (Å²) in [5.74, 6) is 0. The van der Waals surface area contributed by atoms with Gasteiger partial charge in [-0.25, -0.2) is 0 Å². The molecule has 0 radical (unpaired) electrons. The lowest BCUT2D eigenvalue weighted by molar-refractivity contribution is 0.00858. The Morgan fingerprint density at radius 3 is 1.62 bits per heavy atom. The summed E-state index contributed by atoms with van der Waals surface area (Å²) in [6, 6.07) is 17.7. The monoisotopic (exact) mass is 340 g/mol. The van der Waals surface area contributed by atoms with Gasteiger partial charge < -0.3 is 15.9 Å².